The zero-order valence-corrected chi connectivity index (χ0v) is 11.2. The Balaban J connectivity index is 2.37. The van der Waals surface area contributed by atoms with Crippen LogP contribution in [0.25, 0.3) is 11.3 Å². The molecule has 96 valence electrons. The summed E-state index contributed by atoms with van der Waals surface area (Å²) >= 11 is 0. The fourth-order valence-corrected chi connectivity index (χ4v) is 2.05. The molecule has 1 aromatic carbocycles. The molecule has 0 aliphatic heterocycles. The first-order valence-corrected chi connectivity index (χ1v) is 6.45. The molecule has 2 aromatic rings. The Bertz CT molecular complexity index is 512. The third-order valence-corrected chi connectivity index (χ3v) is 3.07. The van der Waals surface area contributed by atoms with Crippen molar-refractivity contribution < 1.29 is 4.52 Å². The first kappa shape index (κ1) is 12.7. The lowest BCUT2D eigenvalue weighted by molar-refractivity contribution is 0.438. The van der Waals surface area contributed by atoms with Gasteiger partial charge in [0, 0.05) is 11.1 Å². The summed E-state index contributed by atoms with van der Waals surface area (Å²) in [6.07, 6.45) is 1.93. The maximum atomic E-state index is 5.85. The van der Waals surface area contributed by atoms with E-state index in [0.29, 0.717) is 11.8 Å². The van der Waals surface area contributed by atoms with E-state index < -0.39 is 0 Å². The Labute approximate surface area is 108 Å². The van der Waals surface area contributed by atoms with Crippen LogP contribution in [0.4, 0.5) is 5.88 Å². The van der Waals surface area contributed by atoms with Crippen molar-refractivity contribution in [1.29, 1.82) is 0 Å². The van der Waals surface area contributed by atoms with Gasteiger partial charge in [0.1, 0.15) is 5.69 Å². The highest BCUT2D eigenvalue weighted by Gasteiger charge is 2.16. The largest absolute Gasteiger partial charge is 0.367 e. The van der Waals surface area contributed by atoms with E-state index in [0.717, 1.165) is 29.7 Å². The summed E-state index contributed by atoms with van der Waals surface area (Å²) in [7, 11) is 0. The molecule has 0 amide bonds. The van der Waals surface area contributed by atoms with Gasteiger partial charge in [-0.3, -0.25) is 0 Å². The molecule has 18 heavy (non-hydrogen) atoms. The number of nitrogens with two attached hydrogens (primary N) is 1. The fraction of sp³-hybridized carbons (Fsp3) is 0.400. The zero-order valence-electron chi connectivity index (χ0n) is 11.2. The van der Waals surface area contributed by atoms with Crippen LogP contribution in [-0.2, 0) is 12.8 Å². The van der Waals surface area contributed by atoms with Gasteiger partial charge < -0.3 is 10.3 Å². The summed E-state index contributed by atoms with van der Waals surface area (Å²) in [5, 5.41) is 4.09. The molecule has 0 radical (unpaired) electrons. The van der Waals surface area contributed by atoms with Gasteiger partial charge in [-0.25, -0.2) is 0 Å². The third kappa shape index (κ3) is 2.55. The standard InChI is InChI=1S/C15H20N2O/c1-4-11-5-7-12(8-6-11)14-13(9-10(2)3)15(16)18-17-14/h5-8,10H,4,9,16H2,1-3H3. The van der Waals surface area contributed by atoms with E-state index >= 15 is 0 Å². The predicted octanol–water partition coefficient (Wildman–Crippen LogP) is 3.68. The Morgan fingerprint density at radius 3 is 2.44 bits per heavy atom. The maximum Gasteiger partial charge on any atom is 0.225 e. The van der Waals surface area contributed by atoms with Gasteiger partial charge in [0.25, 0.3) is 0 Å². The molecule has 2 N–H and O–H groups in total. The highest BCUT2D eigenvalue weighted by molar-refractivity contribution is 5.67. The lowest BCUT2D eigenvalue weighted by Gasteiger charge is -2.05. The molecule has 0 saturated heterocycles. The van der Waals surface area contributed by atoms with Crippen LogP contribution in [0, 0.1) is 5.92 Å². The van der Waals surface area contributed by atoms with Crippen LogP contribution in [0.5, 0.6) is 0 Å². The second kappa shape index (κ2) is 5.25. The van der Waals surface area contributed by atoms with Crippen molar-refractivity contribution in [3.63, 3.8) is 0 Å². The van der Waals surface area contributed by atoms with Gasteiger partial charge in [0.15, 0.2) is 0 Å². The second-order valence-corrected chi connectivity index (χ2v) is 5.02. The van der Waals surface area contributed by atoms with Crippen molar-refractivity contribution in [2.45, 2.75) is 33.6 Å². The summed E-state index contributed by atoms with van der Waals surface area (Å²) in [4.78, 5) is 0. The summed E-state index contributed by atoms with van der Waals surface area (Å²) in [6, 6.07) is 8.42. The Morgan fingerprint density at radius 1 is 1.22 bits per heavy atom. The topological polar surface area (TPSA) is 52.0 Å². The number of aromatic nitrogens is 1. The molecular weight excluding hydrogens is 224 g/mol. The van der Waals surface area contributed by atoms with Gasteiger partial charge in [-0.15, -0.1) is 0 Å². The molecule has 2 rings (SSSR count). The number of anilines is 1. The highest BCUT2D eigenvalue weighted by atomic mass is 16.5. The number of nitrogens with zero attached hydrogens (tertiary/aromatic N) is 1. The average molecular weight is 244 g/mol. The number of hydrogen-bond acceptors (Lipinski definition) is 3. The predicted molar refractivity (Wildman–Crippen MR) is 74.3 cm³/mol. The highest BCUT2D eigenvalue weighted by Crippen LogP contribution is 2.29. The minimum absolute atomic E-state index is 0.443. The van der Waals surface area contributed by atoms with E-state index in [1.807, 2.05) is 0 Å². The maximum absolute atomic E-state index is 5.85. The molecule has 1 aromatic heterocycles. The Morgan fingerprint density at radius 2 is 1.89 bits per heavy atom. The van der Waals surface area contributed by atoms with Gasteiger partial charge >= 0.3 is 0 Å². The Hall–Kier alpha value is -1.77. The summed E-state index contributed by atoms with van der Waals surface area (Å²) in [5.41, 5.74) is 10.1. The van der Waals surface area contributed by atoms with Crippen molar-refractivity contribution >= 4 is 5.88 Å². The summed E-state index contributed by atoms with van der Waals surface area (Å²) in [6.45, 7) is 6.47. The monoisotopic (exact) mass is 244 g/mol. The molecule has 0 bridgehead atoms. The molecule has 0 saturated carbocycles. The minimum Gasteiger partial charge on any atom is -0.367 e. The van der Waals surface area contributed by atoms with Gasteiger partial charge in [0.2, 0.25) is 5.88 Å². The quantitative estimate of drug-likeness (QED) is 0.892. The van der Waals surface area contributed by atoms with Crippen LogP contribution in [0.2, 0.25) is 0 Å². The molecule has 1 heterocycles. The summed E-state index contributed by atoms with van der Waals surface area (Å²) < 4.78 is 5.14. The van der Waals surface area contributed by atoms with Crippen molar-refractivity contribution in [2.24, 2.45) is 5.92 Å². The smallest absolute Gasteiger partial charge is 0.225 e. The van der Waals surface area contributed by atoms with E-state index in [-0.39, 0.29) is 0 Å². The molecule has 0 atom stereocenters. The van der Waals surface area contributed by atoms with Crippen LogP contribution in [0.15, 0.2) is 28.8 Å². The van der Waals surface area contributed by atoms with E-state index in [2.05, 4.69) is 50.2 Å². The van der Waals surface area contributed by atoms with E-state index in [4.69, 9.17) is 10.3 Å². The van der Waals surface area contributed by atoms with E-state index in [1.165, 1.54) is 5.56 Å². The molecule has 3 heteroatoms. The third-order valence-electron chi connectivity index (χ3n) is 3.07. The minimum atomic E-state index is 0.443. The van der Waals surface area contributed by atoms with Crippen LogP contribution in [0.3, 0.4) is 0 Å². The molecule has 0 unspecified atom stereocenters. The van der Waals surface area contributed by atoms with E-state index in [1.54, 1.807) is 0 Å². The number of aryl methyl sites for hydroxylation is 1. The summed E-state index contributed by atoms with van der Waals surface area (Å²) in [5.74, 6) is 0.971. The van der Waals surface area contributed by atoms with Crippen LogP contribution in [-0.4, -0.2) is 5.16 Å². The van der Waals surface area contributed by atoms with Crippen molar-refractivity contribution in [1.82, 2.24) is 5.16 Å². The van der Waals surface area contributed by atoms with Gasteiger partial charge in [-0.05, 0) is 24.3 Å². The fourth-order valence-electron chi connectivity index (χ4n) is 2.05. The number of hydrogen-bond donors (Lipinski definition) is 1. The van der Waals surface area contributed by atoms with Crippen molar-refractivity contribution in [3.05, 3.63) is 35.4 Å². The van der Waals surface area contributed by atoms with Crippen LogP contribution in [0.1, 0.15) is 31.9 Å². The molecule has 0 spiro atoms. The normalized spacial score (nSPS) is 11.1. The van der Waals surface area contributed by atoms with Crippen molar-refractivity contribution in [2.75, 3.05) is 5.73 Å². The number of nitrogen functional groups attached to an aromatic ring is 1. The molecule has 3 nitrogen and oxygen atoms in total. The first-order chi connectivity index (χ1) is 8.61. The van der Waals surface area contributed by atoms with Gasteiger partial charge in [0.05, 0.1) is 0 Å². The molecule has 0 fully saturated rings. The first-order valence-electron chi connectivity index (χ1n) is 6.45. The number of benzene rings is 1. The van der Waals surface area contributed by atoms with Gasteiger partial charge in [-0.1, -0.05) is 50.2 Å². The lowest BCUT2D eigenvalue weighted by atomic mass is 9.98. The lowest BCUT2D eigenvalue weighted by Crippen LogP contribution is -1.98. The van der Waals surface area contributed by atoms with E-state index in [9.17, 15) is 0 Å². The molecule has 0 aliphatic rings. The molecular formula is C15H20N2O. The second-order valence-electron chi connectivity index (χ2n) is 5.02. The van der Waals surface area contributed by atoms with Crippen LogP contribution < -0.4 is 5.73 Å². The Kier molecular flexibility index (Phi) is 3.70. The molecule has 0 aliphatic carbocycles. The number of rotatable bonds is 4. The zero-order chi connectivity index (χ0) is 13.1. The van der Waals surface area contributed by atoms with Crippen LogP contribution >= 0.6 is 0 Å². The average Bonchev–Trinajstić information content (AvgIpc) is 2.71. The van der Waals surface area contributed by atoms with Crippen molar-refractivity contribution in [3.8, 4) is 11.3 Å². The SMILES string of the molecule is CCc1ccc(-c2noc(N)c2CC(C)C)cc1. The van der Waals surface area contributed by atoms with Gasteiger partial charge in [-0.2, -0.15) is 0 Å².